The molecule has 1 aliphatic rings. The lowest BCUT2D eigenvalue weighted by Gasteiger charge is -2.22. The van der Waals surface area contributed by atoms with Gasteiger partial charge in [-0.05, 0) is 6.26 Å². The number of phosphoric ester groups is 1. The second kappa shape index (κ2) is 13.1. The van der Waals surface area contributed by atoms with Crippen molar-refractivity contribution in [1.82, 2.24) is 14.5 Å². The van der Waals surface area contributed by atoms with Crippen LogP contribution in [-0.4, -0.2) is 66.8 Å². The summed E-state index contributed by atoms with van der Waals surface area (Å²) < 4.78 is 59.9. The largest absolute Gasteiger partial charge is 0.756 e. The molecule has 3 heterocycles. The summed E-state index contributed by atoms with van der Waals surface area (Å²) >= 11 is 0. The Bertz CT molecular complexity index is 1350. The Balaban J connectivity index is 1.82. The van der Waals surface area contributed by atoms with Gasteiger partial charge in [-0.1, -0.05) is 33.4 Å². The molecular weight excluding hydrogens is 611 g/mol. The van der Waals surface area contributed by atoms with Crippen LogP contribution in [0.1, 0.15) is 18.2 Å². The fourth-order valence-electron chi connectivity index (χ4n) is 3.40. The van der Waals surface area contributed by atoms with Crippen LogP contribution in [0.2, 0.25) is 0 Å². The van der Waals surface area contributed by atoms with Crippen LogP contribution in [-0.2, 0) is 36.3 Å². The van der Waals surface area contributed by atoms with Gasteiger partial charge in [0.25, 0.3) is 7.82 Å². The Morgan fingerprint density at radius 3 is 2.66 bits per heavy atom. The Hall–Kier alpha value is -1.03. The molecule has 3 rings (SSSR count). The molecule has 1 aliphatic heterocycles. The van der Waals surface area contributed by atoms with Gasteiger partial charge in [-0.15, -0.1) is 0 Å². The first-order valence-electron chi connectivity index (χ1n) is 10.2. The van der Waals surface area contributed by atoms with Crippen LogP contribution in [0, 0.1) is 11.8 Å². The molecule has 38 heavy (non-hydrogen) atoms. The van der Waals surface area contributed by atoms with Gasteiger partial charge >= 0.3 is 15.6 Å². The minimum Gasteiger partial charge on any atom is -0.756 e. The maximum atomic E-state index is 12.2. The predicted molar refractivity (Wildman–Crippen MR) is 135 cm³/mol. The van der Waals surface area contributed by atoms with E-state index in [-0.39, 0.29) is 24.7 Å². The predicted octanol–water partition coefficient (Wildman–Crippen LogP) is 0.676. The molecule has 212 valence electrons. The minimum atomic E-state index is -5.77. The Morgan fingerprint density at radius 2 is 2.00 bits per heavy atom. The van der Waals surface area contributed by atoms with E-state index in [9.17, 15) is 28.4 Å². The van der Waals surface area contributed by atoms with E-state index >= 15 is 0 Å². The minimum absolute atomic E-state index is 0.0996. The number of nitrogens with two attached hydrogens (primary N) is 2. The summed E-state index contributed by atoms with van der Waals surface area (Å²) in [4.78, 5) is 46.6. The molecule has 7 N–H and O–H groups in total. The van der Waals surface area contributed by atoms with Crippen LogP contribution in [0.3, 0.4) is 0 Å². The lowest BCUT2D eigenvalue weighted by Crippen LogP contribution is -2.28. The van der Waals surface area contributed by atoms with Gasteiger partial charge in [0, 0.05) is 12.6 Å². The van der Waals surface area contributed by atoms with E-state index in [4.69, 9.17) is 30.4 Å². The summed E-state index contributed by atoms with van der Waals surface area (Å²) in [5, 5.41) is 0.471. The van der Waals surface area contributed by atoms with E-state index < -0.39 is 48.5 Å². The van der Waals surface area contributed by atoms with Crippen molar-refractivity contribution in [2.45, 2.75) is 24.9 Å². The third kappa shape index (κ3) is 8.73. The highest BCUT2D eigenvalue weighted by atomic mass is 33.1. The van der Waals surface area contributed by atoms with E-state index in [1.165, 1.54) is 27.9 Å². The zero-order valence-electron chi connectivity index (χ0n) is 19.4. The molecular formula is C16H23N5O12P3S2-. The molecule has 0 radical (unpaired) electrons. The summed E-state index contributed by atoms with van der Waals surface area (Å²) in [7, 11) is -14.1. The quantitative estimate of drug-likeness (QED) is 0.0706. The number of aromatic nitrogens is 3. The first-order valence-corrected chi connectivity index (χ1v) is 17.5. The lowest BCUT2D eigenvalue weighted by atomic mass is 10.2. The molecule has 0 bridgehead atoms. The molecule has 6 atom stereocenters. The summed E-state index contributed by atoms with van der Waals surface area (Å²) in [5.41, 5.74) is 12.4. The van der Waals surface area contributed by atoms with E-state index in [1.807, 2.05) is 6.26 Å². The van der Waals surface area contributed by atoms with Crippen LogP contribution in [0.25, 0.3) is 11.0 Å². The van der Waals surface area contributed by atoms with Crippen molar-refractivity contribution in [3.63, 3.8) is 0 Å². The summed E-state index contributed by atoms with van der Waals surface area (Å²) in [6, 6.07) is 0. The van der Waals surface area contributed by atoms with Gasteiger partial charge in [0.2, 0.25) is 0 Å². The number of nitrogen functional groups attached to an aromatic ring is 1. The number of nitrogens with zero attached hydrogens (tertiary/aromatic N) is 3. The molecule has 4 unspecified atom stereocenters. The Kier molecular flexibility index (Phi) is 10.8. The lowest BCUT2D eigenvalue weighted by molar-refractivity contribution is -0.212. The topological polar surface area (TPSA) is 264 Å². The highest BCUT2D eigenvalue weighted by Crippen LogP contribution is 2.65. The molecule has 22 heteroatoms. The molecule has 17 nitrogen and oxygen atoms in total. The molecule has 0 saturated carbocycles. The second-order valence-corrected chi connectivity index (χ2v) is 14.1. The van der Waals surface area contributed by atoms with Gasteiger partial charge in [0.15, 0.2) is 0 Å². The summed E-state index contributed by atoms with van der Waals surface area (Å²) in [6.45, 7) is -0.592. The molecule has 1 saturated heterocycles. The fourth-order valence-corrected chi connectivity index (χ4v) is 7.18. The van der Waals surface area contributed by atoms with Crippen molar-refractivity contribution in [3.8, 4) is 11.8 Å². The van der Waals surface area contributed by atoms with Crippen LogP contribution < -0.4 is 16.4 Å². The monoisotopic (exact) mass is 634 g/mol. The number of ether oxygens (including phenoxy) is 2. The standard InChI is InChI=1S/C16H24N5O12P3S2/c1-37-38-9-29-11-5-13(21-6-10(3-2-4-17)14-15(18)19-8-20-16(14)21)31-12(11)7-30-35(25,26)33-36(27,28)32-34(22,23)24/h6,8,11-13H,4-5,7,9,17H2,1H3,(H,25,26)(H,27,28)(H2,18,19,20)(H2,22,23,24)/p-1/t11?,12-,13-/m1/s1. The van der Waals surface area contributed by atoms with Crippen molar-refractivity contribution in [2.24, 2.45) is 5.73 Å². The van der Waals surface area contributed by atoms with Crippen molar-refractivity contribution < 1.29 is 55.9 Å². The average molecular weight is 634 g/mol. The van der Waals surface area contributed by atoms with E-state index in [1.54, 1.807) is 10.8 Å². The molecule has 2 aromatic rings. The van der Waals surface area contributed by atoms with E-state index in [2.05, 4.69) is 30.4 Å². The van der Waals surface area contributed by atoms with Gasteiger partial charge in [0.05, 0.1) is 30.2 Å². The van der Waals surface area contributed by atoms with Gasteiger partial charge < -0.3 is 45.1 Å². The number of hydrogen-bond donors (Lipinski definition) is 5. The third-order valence-corrected chi connectivity index (χ3v) is 9.96. The average Bonchev–Trinajstić information content (AvgIpc) is 3.36. The number of phosphoric acid groups is 3. The van der Waals surface area contributed by atoms with Crippen molar-refractivity contribution in [3.05, 3.63) is 18.1 Å². The maximum Gasteiger partial charge on any atom is 0.487 e. The van der Waals surface area contributed by atoms with Gasteiger partial charge in [0.1, 0.15) is 36.1 Å². The van der Waals surface area contributed by atoms with E-state index in [0.29, 0.717) is 16.6 Å². The van der Waals surface area contributed by atoms with Crippen LogP contribution >= 0.6 is 45.1 Å². The maximum absolute atomic E-state index is 12.2. The van der Waals surface area contributed by atoms with Crippen molar-refractivity contribution >= 4 is 61.9 Å². The second-order valence-electron chi connectivity index (χ2n) is 7.25. The van der Waals surface area contributed by atoms with Crippen LogP contribution in [0.5, 0.6) is 0 Å². The smallest absolute Gasteiger partial charge is 0.487 e. The Labute approximate surface area is 223 Å². The molecule has 0 aromatic carbocycles. The molecule has 0 amide bonds. The van der Waals surface area contributed by atoms with E-state index in [0.717, 1.165) is 0 Å². The number of hydrogen-bond acceptors (Lipinski definition) is 15. The van der Waals surface area contributed by atoms with Crippen LogP contribution in [0.15, 0.2) is 12.5 Å². The van der Waals surface area contributed by atoms with Crippen LogP contribution in [0.4, 0.5) is 5.82 Å². The molecule has 1 fully saturated rings. The van der Waals surface area contributed by atoms with Gasteiger partial charge in [-0.2, -0.15) is 4.31 Å². The third-order valence-electron chi connectivity index (χ3n) is 4.72. The number of anilines is 1. The first kappa shape index (κ1) is 31.5. The van der Waals surface area contributed by atoms with Crippen molar-refractivity contribution in [2.75, 3.05) is 31.1 Å². The van der Waals surface area contributed by atoms with Gasteiger partial charge in [-0.3, -0.25) is 9.09 Å². The first-order chi connectivity index (χ1) is 17.8. The molecule has 0 spiro atoms. The summed E-state index contributed by atoms with van der Waals surface area (Å²) in [5.74, 6) is 6.03. The van der Waals surface area contributed by atoms with Crippen molar-refractivity contribution in [1.29, 1.82) is 0 Å². The summed E-state index contributed by atoms with van der Waals surface area (Å²) in [6.07, 6.45) is 2.48. The normalized spacial score (nSPS) is 24.3. The zero-order valence-corrected chi connectivity index (χ0v) is 23.7. The SMILES string of the molecule is CSSCOC1C[C@H](n2cc(C#CCN)c3c(N)ncnc32)O[C@@H]1COP(=O)(O)OP(=O)(O)OP(=O)([O-])O. The number of fused-ring (bicyclic) bond motifs is 1. The zero-order chi connectivity index (χ0) is 28.1. The number of rotatable bonds is 12. The Morgan fingerprint density at radius 1 is 1.26 bits per heavy atom. The van der Waals surface area contributed by atoms with Gasteiger partial charge in [-0.25, -0.2) is 23.4 Å². The molecule has 2 aromatic heterocycles. The fraction of sp³-hybridized carbons (Fsp3) is 0.500. The molecule has 0 aliphatic carbocycles. The highest BCUT2D eigenvalue weighted by molar-refractivity contribution is 8.76. The highest BCUT2D eigenvalue weighted by Gasteiger charge is 2.42.